The Kier molecular flexibility index (Phi) is 3.53. The molecular formula is C20H26O3. The summed E-state index contributed by atoms with van der Waals surface area (Å²) in [7, 11) is 0. The predicted molar refractivity (Wildman–Crippen MR) is 88.5 cm³/mol. The highest BCUT2D eigenvalue weighted by Crippen LogP contribution is 2.59. The van der Waals surface area contributed by atoms with Gasteiger partial charge in [0.05, 0.1) is 6.10 Å². The molecule has 0 amide bonds. The van der Waals surface area contributed by atoms with Gasteiger partial charge in [0.25, 0.3) is 0 Å². The lowest BCUT2D eigenvalue weighted by Crippen LogP contribution is -2.45. The highest BCUT2D eigenvalue weighted by molar-refractivity contribution is 5.66. The van der Waals surface area contributed by atoms with Crippen molar-refractivity contribution in [2.45, 2.75) is 51.7 Å². The molecular weight excluding hydrogens is 288 g/mol. The Hall–Kier alpha value is -1.35. The molecule has 124 valence electrons. The van der Waals surface area contributed by atoms with E-state index in [1.807, 2.05) is 6.08 Å². The normalized spacial score (nSPS) is 47.3. The van der Waals surface area contributed by atoms with Crippen LogP contribution in [-0.2, 0) is 9.53 Å². The van der Waals surface area contributed by atoms with Gasteiger partial charge in [-0.3, -0.25) is 4.79 Å². The molecule has 2 saturated carbocycles. The standard InChI is InChI=1S/C20H26O3/c1-12(21)23-14-4-6-15-13(11-14)3-5-17-16(15)9-10-20(2)18(17)7-8-19(20)22/h3-6,11,14-19,22H,7-10H2,1-2H3/t14?,15-,16+,17+,18-,19?,20-/m0/s1. The maximum atomic E-state index is 11.2. The van der Waals surface area contributed by atoms with Gasteiger partial charge >= 0.3 is 5.97 Å². The molecule has 7 atom stereocenters. The van der Waals surface area contributed by atoms with Gasteiger partial charge in [-0.15, -0.1) is 0 Å². The van der Waals surface area contributed by atoms with Crippen LogP contribution in [0.5, 0.6) is 0 Å². The van der Waals surface area contributed by atoms with Crippen LogP contribution in [0.4, 0.5) is 0 Å². The summed E-state index contributed by atoms with van der Waals surface area (Å²) < 4.78 is 5.31. The average Bonchev–Trinajstić information content (AvgIpc) is 2.82. The Morgan fingerprint density at radius 2 is 2.09 bits per heavy atom. The highest BCUT2D eigenvalue weighted by Gasteiger charge is 2.54. The Balaban J connectivity index is 1.61. The summed E-state index contributed by atoms with van der Waals surface area (Å²) >= 11 is 0. The molecule has 0 radical (unpaired) electrons. The van der Waals surface area contributed by atoms with Crippen LogP contribution >= 0.6 is 0 Å². The van der Waals surface area contributed by atoms with E-state index in [1.165, 1.54) is 18.9 Å². The van der Waals surface area contributed by atoms with E-state index in [-0.39, 0.29) is 23.6 Å². The Morgan fingerprint density at radius 3 is 2.87 bits per heavy atom. The summed E-state index contributed by atoms with van der Waals surface area (Å²) in [5, 5.41) is 10.4. The van der Waals surface area contributed by atoms with Crippen molar-refractivity contribution in [3.05, 3.63) is 36.0 Å². The van der Waals surface area contributed by atoms with Crippen molar-refractivity contribution in [1.29, 1.82) is 0 Å². The van der Waals surface area contributed by atoms with Crippen molar-refractivity contribution >= 4 is 5.97 Å². The highest BCUT2D eigenvalue weighted by atomic mass is 16.5. The lowest BCUT2D eigenvalue weighted by atomic mass is 9.54. The van der Waals surface area contributed by atoms with Gasteiger partial charge in [0.15, 0.2) is 0 Å². The van der Waals surface area contributed by atoms with E-state index in [1.54, 1.807) is 0 Å². The first-order valence-corrected chi connectivity index (χ1v) is 8.92. The third kappa shape index (κ3) is 2.32. The van der Waals surface area contributed by atoms with Crippen LogP contribution in [0, 0.1) is 29.1 Å². The predicted octanol–water partition coefficient (Wildman–Crippen LogP) is 3.40. The zero-order chi connectivity index (χ0) is 16.2. The minimum absolute atomic E-state index is 0.103. The van der Waals surface area contributed by atoms with Crippen LogP contribution in [0.2, 0.25) is 0 Å². The largest absolute Gasteiger partial charge is 0.454 e. The van der Waals surface area contributed by atoms with Crippen LogP contribution in [0.1, 0.15) is 39.5 Å². The summed E-state index contributed by atoms with van der Waals surface area (Å²) in [5.74, 6) is 2.01. The first-order valence-electron chi connectivity index (χ1n) is 8.92. The Morgan fingerprint density at radius 1 is 1.26 bits per heavy atom. The van der Waals surface area contributed by atoms with E-state index in [4.69, 9.17) is 4.74 Å². The van der Waals surface area contributed by atoms with Gasteiger partial charge in [0.2, 0.25) is 0 Å². The smallest absolute Gasteiger partial charge is 0.303 e. The fourth-order valence-electron chi connectivity index (χ4n) is 5.63. The molecule has 0 spiro atoms. The van der Waals surface area contributed by atoms with Crippen LogP contribution < -0.4 is 0 Å². The van der Waals surface area contributed by atoms with Crippen LogP contribution in [0.25, 0.3) is 0 Å². The number of rotatable bonds is 1. The number of aliphatic hydroxyl groups is 1. The molecule has 0 heterocycles. The Labute approximate surface area is 138 Å². The second-order valence-corrected chi connectivity index (χ2v) is 8.00. The van der Waals surface area contributed by atoms with Gasteiger partial charge in [0.1, 0.15) is 6.10 Å². The van der Waals surface area contributed by atoms with E-state index in [2.05, 4.69) is 31.2 Å². The quantitative estimate of drug-likeness (QED) is 0.596. The minimum Gasteiger partial charge on any atom is -0.454 e. The summed E-state index contributed by atoms with van der Waals surface area (Å²) in [6.07, 6.45) is 15.0. The number of aliphatic hydroxyl groups excluding tert-OH is 1. The second kappa shape index (κ2) is 5.34. The third-order valence-corrected chi connectivity index (χ3v) is 6.86. The fraction of sp³-hybridized carbons (Fsp3) is 0.650. The molecule has 0 bridgehead atoms. The van der Waals surface area contributed by atoms with Crippen molar-refractivity contribution in [3.63, 3.8) is 0 Å². The number of carbonyl (C=O) groups is 1. The van der Waals surface area contributed by atoms with E-state index >= 15 is 0 Å². The van der Waals surface area contributed by atoms with E-state index in [0.29, 0.717) is 23.7 Å². The molecule has 4 rings (SSSR count). The fourth-order valence-corrected chi connectivity index (χ4v) is 5.63. The molecule has 2 unspecified atom stereocenters. The first kappa shape index (κ1) is 15.2. The van der Waals surface area contributed by atoms with E-state index in [0.717, 1.165) is 19.3 Å². The molecule has 2 fully saturated rings. The number of esters is 1. The van der Waals surface area contributed by atoms with Gasteiger partial charge in [-0.1, -0.05) is 25.2 Å². The van der Waals surface area contributed by atoms with Gasteiger partial charge in [-0.05, 0) is 66.6 Å². The van der Waals surface area contributed by atoms with Crippen LogP contribution in [-0.4, -0.2) is 23.3 Å². The van der Waals surface area contributed by atoms with Crippen LogP contribution in [0.15, 0.2) is 36.0 Å². The summed E-state index contributed by atoms with van der Waals surface area (Å²) in [5.41, 5.74) is 1.40. The third-order valence-electron chi connectivity index (χ3n) is 6.86. The lowest BCUT2D eigenvalue weighted by molar-refractivity contribution is -0.142. The molecule has 3 heteroatoms. The zero-order valence-corrected chi connectivity index (χ0v) is 13.9. The molecule has 4 aliphatic rings. The van der Waals surface area contributed by atoms with Crippen molar-refractivity contribution in [3.8, 4) is 0 Å². The molecule has 0 aromatic carbocycles. The molecule has 23 heavy (non-hydrogen) atoms. The van der Waals surface area contributed by atoms with Gasteiger partial charge < -0.3 is 9.84 Å². The molecule has 0 aromatic heterocycles. The number of fused-ring (bicyclic) bond motifs is 5. The van der Waals surface area contributed by atoms with Crippen molar-refractivity contribution in [1.82, 2.24) is 0 Å². The topological polar surface area (TPSA) is 46.5 Å². The maximum absolute atomic E-state index is 11.2. The molecule has 0 aromatic rings. The molecule has 0 aliphatic heterocycles. The van der Waals surface area contributed by atoms with E-state index in [9.17, 15) is 9.90 Å². The average molecular weight is 314 g/mol. The van der Waals surface area contributed by atoms with E-state index < -0.39 is 0 Å². The van der Waals surface area contributed by atoms with Crippen molar-refractivity contribution in [2.75, 3.05) is 0 Å². The number of carbonyl (C=O) groups excluding carboxylic acids is 1. The summed E-state index contributed by atoms with van der Waals surface area (Å²) in [4.78, 5) is 11.2. The van der Waals surface area contributed by atoms with Gasteiger partial charge in [0, 0.05) is 12.8 Å². The SMILES string of the molecule is CC(=O)OC1C=C[C@H]2C(=C1)C=C[C@@H]1[C@@H]2CC[C@]2(C)C(O)CC[C@@H]12. The van der Waals surface area contributed by atoms with Crippen molar-refractivity contribution < 1.29 is 14.6 Å². The molecule has 4 aliphatic carbocycles. The summed E-state index contributed by atoms with van der Waals surface area (Å²) in [6, 6.07) is 0. The zero-order valence-electron chi connectivity index (χ0n) is 13.9. The Bertz CT molecular complexity index is 602. The van der Waals surface area contributed by atoms with Gasteiger partial charge in [-0.25, -0.2) is 0 Å². The van der Waals surface area contributed by atoms with Crippen LogP contribution in [0.3, 0.4) is 0 Å². The monoisotopic (exact) mass is 314 g/mol. The number of allylic oxidation sites excluding steroid dienone is 4. The number of hydrogen-bond donors (Lipinski definition) is 1. The summed E-state index contributed by atoms with van der Waals surface area (Å²) in [6.45, 7) is 3.75. The van der Waals surface area contributed by atoms with Crippen molar-refractivity contribution in [2.24, 2.45) is 29.1 Å². The second-order valence-electron chi connectivity index (χ2n) is 8.00. The van der Waals surface area contributed by atoms with Gasteiger partial charge in [-0.2, -0.15) is 0 Å². The first-order chi connectivity index (χ1) is 11.0. The molecule has 0 saturated heterocycles. The minimum atomic E-state index is -0.235. The molecule has 3 nitrogen and oxygen atoms in total. The number of hydrogen-bond acceptors (Lipinski definition) is 3. The lowest BCUT2D eigenvalue weighted by Gasteiger charge is -2.50. The molecule has 1 N–H and O–H groups in total. The maximum Gasteiger partial charge on any atom is 0.303 e. The number of ether oxygens (including phenoxy) is 1.